The van der Waals surface area contributed by atoms with Crippen LogP contribution in [0.15, 0.2) is 24.3 Å². The Morgan fingerprint density at radius 3 is 2.56 bits per heavy atom. The van der Waals surface area contributed by atoms with Crippen molar-refractivity contribution in [3.05, 3.63) is 34.9 Å². The van der Waals surface area contributed by atoms with Gasteiger partial charge in [0.25, 0.3) is 0 Å². The van der Waals surface area contributed by atoms with Crippen molar-refractivity contribution in [2.24, 2.45) is 5.92 Å². The van der Waals surface area contributed by atoms with Crippen molar-refractivity contribution in [3.63, 3.8) is 0 Å². The van der Waals surface area contributed by atoms with Crippen LogP contribution in [0.4, 0.5) is 0 Å². The fourth-order valence-electron chi connectivity index (χ4n) is 2.25. The van der Waals surface area contributed by atoms with E-state index < -0.39 is 5.97 Å². The van der Waals surface area contributed by atoms with Gasteiger partial charge in [0.2, 0.25) is 0 Å². The van der Waals surface area contributed by atoms with Crippen molar-refractivity contribution in [2.45, 2.75) is 12.5 Å². The van der Waals surface area contributed by atoms with Crippen molar-refractivity contribution < 1.29 is 9.90 Å². The Morgan fingerprint density at radius 1 is 1.44 bits per heavy atom. The lowest BCUT2D eigenvalue weighted by molar-refractivity contribution is -0.141. The third-order valence-electron chi connectivity index (χ3n) is 3.15. The van der Waals surface area contributed by atoms with E-state index in [1.807, 2.05) is 31.3 Å². The minimum Gasteiger partial charge on any atom is -0.481 e. The lowest BCUT2D eigenvalue weighted by Crippen LogP contribution is -2.20. The smallest absolute Gasteiger partial charge is 0.307 e. The molecule has 1 N–H and O–H groups in total. The number of rotatable bonds is 2. The topological polar surface area (TPSA) is 40.5 Å². The number of aliphatic carboxylic acids is 1. The van der Waals surface area contributed by atoms with Gasteiger partial charge in [0, 0.05) is 17.6 Å². The van der Waals surface area contributed by atoms with Crippen LogP contribution in [-0.2, 0) is 4.79 Å². The summed E-state index contributed by atoms with van der Waals surface area (Å²) in [6, 6.07) is 7.82. The van der Waals surface area contributed by atoms with E-state index in [1.54, 1.807) is 0 Å². The van der Waals surface area contributed by atoms with Crippen LogP contribution in [-0.4, -0.2) is 29.6 Å². The molecule has 2 rings (SSSR count). The quantitative estimate of drug-likeness (QED) is 0.862. The van der Waals surface area contributed by atoms with Gasteiger partial charge in [0.1, 0.15) is 0 Å². The Bertz CT molecular complexity index is 391. The van der Waals surface area contributed by atoms with Crippen molar-refractivity contribution in [2.75, 3.05) is 13.6 Å². The maximum absolute atomic E-state index is 10.9. The highest BCUT2D eigenvalue weighted by Crippen LogP contribution is 2.34. The molecular formula is C12H14ClNO2. The molecule has 16 heavy (non-hydrogen) atoms. The Balaban J connectivity index is 2.16. The lowest BCUT2D eigenvalue weighted by atomic mass is 10.0. The van der Waals surface area contributed by atoms with Gasteiger partial charge in [-0.2, -0.15) is 0 Å². The normalized spacial score (nSPS) is 25.9. The molecule has 4 heteroatoms. The minimum atomic E-state index is -0.705. The molecule has 1 aliphatic heterocycles. The Labute approximate surface area is 99.6 Å². The fourth-order valence-corrected chi connectivity index (χ4v) is 2.38. The van der Waals surface area contributed by atoms with E-state index in [-0.39, 0.29) is 12.0 Å². The van der Waals surface area contributed by atoms with Gasteiger partial charge in [-0.1, -0.05) is 23.7 Å². The van der Waals surface area contributed by atoms with E-state index in [4.69, 9.17) is 16.7 Å². The van der Waals surface area contributed by atoms with Crippen molar-refractivity contribution in [3.8, 4) is 0 Å². The molecule has 0 unspecified atom stereocenters. The van der Waals surface area contributed by atoms with Crippen LogP contribution in [0.3, 0.4) is 0 Å². The molecule has 0 saturated carbocycles. The van der Waals surface area contributed by atoms with Gasteiger partial charge in [-0.15, -0.1) is 0 Å². The van der Waals surface area contributed by atoms with Gasteiger partial charge in [-0.3, -0.25) is 9.69 Å². The Morgan fingerprint density at radius 2 is 2.06 bits per heavy atom. The largest absolute Gasteiger partial charge is 0.481 e. The summed E-state index contributed by atoms with van der Waals surface area (Å²) in [5.41, 5.74) is 1.13. The lowest BCUT2D eigenvalue weighted by Gasteiger charge is -2.19. The highest BCUT2D eigenvalue weighted by molar-refractivity contribution is 6.30. The fraction of sp³-hybridized carbons (Fsp3) is 0.417. The second kappa shape index (κ2) is 4.44. The summed E-state index contributed by atoms with van der Waals surface area (Å²) in [6.45, 7) is 0.614. The molecule has 1 fully saturated rings. The summed E-state index contributed by atoms with van der Waals surface area (Å²) in [5.74, 6) is -0.964. The van der Waals surface area contributed by atoms with E-state index in [1.165, 1.54) is 0 Å². The van der Waals surface area contributed by atoms with Crippen LogP contribution in [0, 0.1) is 5.92 Å². The van der Waals surface area contributed by atoms with Gasteiger partial charge in [0.05, 0.1) is 5.92 Å². The number of halogens is 1. The van der Waals surface area contributed by atoms with Crippen molar-refractivity contribution in [1.29, 1.82) is 0 Å². The SMILES string of the molecule is CN1C[C@@H](C(=O)O)C[C@H]1c1ccc(Cl)cc1. The predicted molar refractivity (Wildman–Crippen MR) is 62.6 cm³/mol. The molecular weight excluding hydrogens is 226 g/mol. The van der Waals surface area contributed by atoms with Gasteiger partial charge in [0.15, 0.2) is 0 Å². The number of likely N-dealkylation sites (tertiary alicyclic amines) is 1. The molecule has 3 nitrogen and oxygen atoms in total. The molecule has 1 aromatic carbocycles. The maximum Gasteiger partial charge on any atom is 0.307 e. The molecule has 0 radical (unpaired) electrons. The summed E-state index contributed by atoms with van der Waals surface area (Å²) in [4.78, 5) is 13.0. The number of carbonyl (C=O) groups is 1. The highest BCUT2D eigenvalue weighted by Gasteiger charge is 2.34. The summed E-state index contributed by atoms with van der Waals surface area (Å²) >= 11 is 5.83. The van der Waals surface area contributed by atoms with Crippen LogP contribution >= 0.6 is 11.6 Å². The molecule has 0 aliphatic carbocycles. The molecule has 1 aliphatic rings. The van der Waals surface area contributed by atoms with Crippen molar-refractivity contribution >= 4 is 17.6 Å². The molecule has 2 atom stereocenters. The number of carboxylic acids is 1. The van der Waals surface area contributed by atoms with Crippen LogP contribution in [0.5, 0.6) is 0 Å². The predicted octanol–water partition coefficient (Wildman–Crippen LogP) is 2.42. The van der Waals surface area contributed by atoms with Crippen LogP contribution in [0.2, 0.25) is 5.02 Å². The van der Waals surface area contributed by atoms with Crippen LogP contribution in [0.1, 0.15) is 18.0 Å². The third-order valence-corrected chi connectivity index (χ3v) is 3.40. The molecule has 0 amide bonds. The summed E-state index contributed by atoms with van der Waals surface area (Å²) in [6.07, 6.45) is 0.674. The summed E-state index contributed by atoms with van der Waals surface area (Å²) in [7, 11) is 1.96. The monoisotopic (exact) mass is 239 g/mol. The van der Waals surface area contributed by atoms with Gasteiger partial charge < -0.3 is 5.11 Å². The Kier molecular flexibility index (Phi) is 3.17. The molecule has 86 valence electrons. The number of hydrogen-bond donors (Lipinski definition) is 1. The number of hydrogen-bond acceptors (Lipinski definition) is 2. The standard InChI is InChI=1S/C12H14ClNO2/c1-14-7-9(12(15)16)6-11(14)8-2-4-10(13)5-3-8/h2-5,9,11H,6-7H2,1H3,(H,15,16)/t9-,11-/m0/s1. The molecule has 1 aromatic rings. The molecule has 1 heterocycles. The van der Waals surface area contributed by atoms with Crippen molar-refractivity contribution in [1.82, 2.24) is 4.90 Å². The van der Waals surface area contributed by atoms with E-state index in [2.05, 4.69) is 4.90 Å². The first-order chi connectivity index (χ1) is 7.58. The molecule has 1 saturated heterocycles. The van der Waals surface area contributed by atoms with Gasteiger partial charge in [-0.05, 0) is 31.2 Å². The van der Waals surface area contributed by atoms with Gasteiger partial charge >= 0.3 is 5.97 Å². The second-order valence-electron chi connectivity index (χ2n) is 4.28. The summed E-state index contributed by atoms with van der Waals surface area (Å²) < 4.78 is 0. The van der Waals surface area contributed by atoms with Crippen LogP contribution < -0.4 is 0 Å². The third kappa shape index (κ3) is 2.20. The summed E-state index contributed by atoms with van der Waals surface area (Å²) in [5, 5.41) is 9.70. The zero-order chi connectivity index (χ0) is 11.7. The van der Waals surface area contributed by atoms with E-state index >= 15 is 0 Å². The second-order valence-corrected chi connectivity index (χ2v) is 4.71. The molecule has 0 aromatic heterocycles. The van der Waals surface area contributed by atoms with E-state index in [0.717, 1.165) is 5.56 Å². The molecule has 0 spiro atoms. The average molecular weight is 240 g/mol. The Hall–Kier alpha value is -1.06. The van der Waals surface area contributed by atoms with E-state index in [9.17, 15) is 4.79 Å². The average Bonchev–Trinajstić information content (AvgIpc) is 2.62. The first-order valence-electron chi connectivity index (χ1n) is 5.26. The zero-order valence-electron chi connectivity index (χ0n) is 9.06. The van der Waals surface area contributed by atoms with Gasteiger partial charge in [-0.25, -0.2) is 0 Å². The zero-order valence-corrected chi connectivity index (χ0v) is 9.81. The highest BCUT2D eigenvalue weighted by atomic mass is 35.5. The number of benzene rings is 1. The minimum absolute atomic E-state index is 0.193. The number of carboxylic acid groups (broad SMARTS) is 1. The molecule has 0 bridgehead atoms. The van der Waals surface area contributed by atoms with Crippen LogP contribution in [0.25, 0.3) is 0 Å². The first kappa shape index (κ1) is 11.4. The number of nitrogens with zero attached hydrogens (tertiary/aromatic N) is 1. The first-order valence-corrected chi connectivity index (χ1v) is 5.64. The maximum atomic E-state index is 10.9. The van der Waals surface area contributed by atoms with E-state index in [0.29, 0.717) is 18.0 Å².